The summed E-state index contributed by atoms with van der Waals surface area (Å²) in [5.41, 5.74) is -0.284. The maximum atomic E-state index is 13.7. The van der Waals surface area contributed by atoms with E-state index in [-0.39, 0.29) is 22.0 Å². The molecule has 0 fully saturated rings. The van der Waals surface area contributed by atoms with Crippen molar-refractivity contribution in [1.82, 2.24) is 9.55 Å². The fourth-order valence-electron chi connectivity index (χ4n) is 2.58. The average molecular weight is 429 g/mol. The summed E-state index contributed by atoms with van der Waals surface area (Å²) in [6, 6.07) is 8.72. The molecule has 0 bridgehead atoms. The Balaban J connectivity index is 0.00000145. The van der Waals surface area contributed by atoms with Crippen molar-refractivity contribution in [2.24, 2.45) is 5.14 Å². The van der Waals surface area contributed by atoms with Crippen molar-refractivity contribution in [2.75, 3.05) is 0 Å². The summed E-state index contributed by atoms with van der Waals surface area (Å²) in [6.07, 6.45) is -3.94. The van der Waals surface area contributed by atoms with E-state index >= 15 is 0 Å². The molecule has 0 spiro atoms. The number of alkyl halides is 3. The van der Waals surface area contributed by atoms with Gasteiger partial charge < -0.3 is 0 Å². The predicted molar refractivity (Wildman–Crippen MR) is 101 cm³/mol. The van der Waals surface area contributed by atoms with Crippen LogP contribution in [0.25, 0.3) is 17.1 Å². The first-order chi connectivity index (χ1) is 13.4. The number of halogens is 4. The highest BCUT2D eigenvalue weighted by Gasteiger charge is 2.35. The first-order valence-electron chi connectivity index (χ1n) is 8.52. The van der Waals surface area contributed by atoms with Crippen LogP contribution < -0.4 is 5.14 Å². The Morgan fingerprint density at radius 3 is 2.10 bits per heavy atom. The van der Waals surface area contributed by atoms with Gasteiger partial charge in [0.1, 0.15) is 11.6 Å². The molecule has 2 aromatic carbocycles. The summed E-state index contributed by atoms with van der Waals surface area (Å²) < 4.78 is 77.0. The first kappa shape index (κ1) is 22.6. The molecule has 0 radical (unpaired) electrons. The number of sulfonamides is 1. The van der Waals surface area contributed by atoms with E-state index in [4.69, 9.17) is 5.14 Å². The molecule has 0 aliphatic rings. The van der Waals surface area contributed by atoms with Gasteiger partial charge in [0.2, 0.25) is 10.0 Å². The maximum absolute atomic E-state index is 13.7. The lowest BCUT2D eigenvalue weighted by atomic mass is 10.1. The van der Waals surface area contributed by atoms with Crippen LogP contribution in [-0.2, 0) is 16.2 Å². The molecule has 2 N–H and O–H groups in total. The van der Waals surface area contributed by atoms with E-state index in [1.165, 1.54) is 36.4 Å². The molecule has 5 nitrogen and oxygen atoms in total. The fraction of sp³-hybridized carbons (Fsp3) is 0.211. The van der Waals surface area contributed by atoms with Crippen LogP contribution in [0.4, 0.5) is 17.6 Å². The van der Waals surface area contributed by atoms with Gasteiger partial charge in [0, 0.05) is 17.4 Å². The minimum atomic E-state index is -4.71. The van der Waals surface area contributed by atoms with Crippen molar-refractivity contribution in [2.45, 2.75) is 31.8 Å². The van der Waals surface area contributed by atoms with Crippen LogP contribution >= 0.6 is 0 Å². The second-order valence-electron chi connectivity index (χ2n) is 5.87. The van der Waals surface area contributed by atoms with Gasteiger partial charge in [-0.15, -0.1) is 0 Å². The number of nitrogens with two attached hydrogens (primary N) is 1. The third-order valence-corrected chi connectivity index (χ3v) is 4.67. The summed E-state index contributed by atoms with van der Waals surface area (Å²) in [7, 11) is -3.95. The van der Waals surface area contributed by atoms with E-state index in [0.717, 1.165) is 16.8 Å². The lowest BCUT2D eigenvalue weighted by molar-refractivity contribution is -0.140. The summed E-state index contributed by atoms with van der Waals surface area (Å²) in [6.45, 7) is 5.60. The van der Waals surface area contributed by atoms with Crippen molar-refractivity contribution in [3.63, 3.8) is 0 Å². The second kappa shape index (κ2) is 8.34. The largest absolute Gasteiger partial charge is 0.434 e. The highest BCUT2D eigenvalue weighted by molar-refractivity contribution is 7.89. The van der Waals surface area contributed by atoms with Gasteiger partial charge in [0.15, 0.2) is 5.69 Å². The van der Waals surface area contributed by atoms with Crippen LogP contribution in [0.2, 0.25) is 0 Å². The van der Waals surface area contributed by atoms with Crippen molar-refractivity contribution in [1.29, 1.82) is 0 Å². The van der Waals surface area contributed by atoms with Crippen molar-refractivity contribution in [3.05, 3.63) is 65.7 Å². The maximum Gasteiger partial charge on any atom is 0.434 e. The molecule has 29 heavy (non-hydrogen) atoms. The van der Waals surface area contributed by atoms with E-state index < -0.39 is 27.7 Å². The molecule has 0 amide bonds. The molecule has 1 aromatic heterocycles. The zero-order chi connectivity index (χ0) is 22.0. The van der Waals surface area contributed by atoms with Crippen LogP contribution in [0.3, 0.4) is 0 Å². The molecule has 0 aliphatic carbocycles. The molecular weight excluding hydrogens is 410 g/mol. The van der Waals surface area contributed by atoms with Gasteiger partial charge in [0.05, 0.1) is 4.90 Å². The smallest absolute Gasteiger partial charge is 0.299 e. The monoisotopic (exact) mass is 429 g/mol. The number of rotatable bonds is 3. The molecule has 0 unspecified atom stereocenters. The molecule has 10 heteroatoms. The minimum Gasteiger partial charge on any atom is -0.299 e. The van der Waals surface area contributed by atoms with Gasteiger partial charge in [-0.3, -0.25) is 4.57 Å². The van der Waals surface area contributed by atoms with Crippen LogP contribution in [-0.4, -0.2) is 18.0 Å². The fourth-order valence-corrected chi connectivity index (χ4v) is 3.09. The Morgan fingerprint density at radius 1 is 1.03 bits per heavy atom. The average Bonchev–Trinajstić information content (AvgIpc) is 3.08. The van der Waals surface area contributed by atoms with Gasteiger partial charge in [-0.25, -0.2) is 22.9 Å². The van der Waals surface area contributed by atoms with E-state index in [9.17, 15) is 26.0 Å². The van der Waals surface area contributed by atoms with Gasteiger partial charge >= 0.3 is 6.18 Å². The first-order valence-corrected chi connectivity index (χ1v) is 10.1. The number of aromatic nitrogens is 2. The highest BCUT2D eigenvalue weighted by atomic mass is 32.2. The van der Waals surface area contributed by atoms with Gasteiger partial charge in [0.25, 0.3) is 0 Å². The summed E-state index contributed by atoms with van der Waals surface area (Å²) in [5, 5.41) is 5.02. The molecule has 3 aromatic rings. The summed E-state index contributed by atoms with van der Waals surface area (Å²) in [5.74, 6) is -0.744. The zero-order valence-corrected chi connectivity index (χ0v) is 16.6. The number of imidazole rings is 1. The zero-order valence-electron chi connectivity index (χ0n) is 15.8. The van der Waals surface area contributed by atoms with Crippen LogP contribution in [0.15, 0.2) is 53.6 Å². The van der Waals surface area contributed by atoms with Crippen LogP contribution in [0, 0.1) is 12.7 Å². The summed E-state index contributed by atoms with van der Waals surface area (Å²) >= 11 is 0. The third-order valence-electron chi connectivity index (χ3n) is 3.74. The number of aryl methyl sites for hydroxylation is 1. The predicted octanol–water partition coefficient (Wildman–Crippen LogP) is 4.68. The molecule has 0 saturated heterocycles. The van der Waals surface area contributed by atoms with E-state index in [2.05, 4.69) is 4.98 Å². The second-order valence-corrected chi connectivity index (χ2v) is 7.44. The molecule has 0 saturated carbocycles. The molecule has 156 valence electrons. The van der Waals surface area contributed by atoms with Gasteiger partial charge in [-0.1, -0.05) is 13.8 Å². The van der Waals surface area contributed by atoms with Gasteiger partial charge in [-0.05, 0) is 55.0 Å². The summed E-state index contributed by atoms with van der Waals surface area (Å²) in [4.78, 5) is 3.42. The Hall–Kier alpha value is -2.72. The number of hydrogen-bond acceptors (Lipinski definition) is 3. The Labute approximate surface area is 165 Å². The number of nitrogens with zero attached hydrogens (tertiary/aromatic N) is 2. The van der Waals surface area contributed by atoms with E-state index in [1.807, 2.05) is 13.8 Å². The van der Waals surface area contributed by atoms with Crippen molar-refractivity contribution in [3.8, 4) is 17.1 Å². The Kier molecular flexibility index (Phi) is 6.49. The molecule has 1 heterocycles. The Bertz CT molecular complexity index is 1090. The highest BCUT2D eigenvalue weighted by Crippen LogP contribution is 2.33. The third kappa shape index (κ3) is 5.21. The quantitative estimate of drug-likeness (QED) is 0.614. The minimum absolute atomic E-state index is 0.131. The molecule has 0 aliphatic heterocycles. The van der Waals surface area contributed by atoms with Gasteiger partial charge in [-0.2, -0.15) is 13.2 Å². The van der Waals surface area contributed by atoms with E-state index in [1.54, 1.807) is 6.92 Å². The SMILES string of the molecule is CC.Cc1cc(F)cc(-c2nc(C(F)(F)F)cn2-c2ccc(S(N)(=O)=O)cc2)c1. The number of hydrogen-bond donors (Lipinski definition) is 1. The van der Waals surface area contributed by atoms with Crippen molar-refractivity contribution >= 4 is 10.0 Å². The molecular formula is C19H19F4N3O2S. The van der Waals surface area contributed by atoms with E-state index in [0.29, 0.717) is 5.56 Å². The lowest BCUT2D eigenvalue weighted by Gasteiger charge is -2.09. The number of primary sulfonamides is 1. The Morgan fingerprint density at radius 2 is 1.62 bits per heavy atom. The van der Waals surface area contributed by atoms with Crippen molar-refractivity contribution < 1.29 is 26.0 Å². The number of benzene rings is 2. The standard InChI is InChI=1S/C17H13F4N3O2S.C2H6/c1-10-6-11(8-12(18)7-10)16-23-15(17(19,20)21)9-24(16)13-2-4-14(5-3-13)27(22,25)26;1-2/h2-9H,1H3,(H2,22,25,26);1-2H3. The van der Waals surface area contributed by atoms with Crippen LogP contribution in [0.5, 0.6) is 0 Å². The normalized spacial score (nSPS) is 11.7. The molecule has 3 rings (SSSR count). The van der Waals surface area contributed by atoms with Crippen LogP contribution in [0.1, 0.15) is 25.1 Å². The molecule has 0 atom stereocenters. The lowest BCUT2D eigenvalue weighted by Crippen LogP contribution is -2.12. The topological polar surface area (TPSA) is 78.0 Å².